The molecule has 0 bridgehead atoms. The zero-order chi connectivity index (χ0) is 14.9. The third-order valence-electron chi connectivity index (χ3n) is 4.04. The first-order valence-corrected chi connectivity index (χ1v) is 7.81. The Kier molecular flexibility index (Phi) is 4.28. The maximum Gasteiger partial charge on any atom is 0.230 e. The Morgan fingerprint density at radius 1 is 1.19 bits per heavy atom. The molecule has 6 nitrogen and oxygen atoms in total. The van der Waals surface area contributed by atoms with E-state index >= 15 is 0 Å². The standard InChI is InChI=1S/C15H25N3O3/c1-15(2,3)14-17-16-12(21-14)10-18-6-4-5-11(9-18)13-19-7-8-20-13/h11,13H,4-10H2,1-3H3. The van der Waals surface area contributed by atoms with Crippen LogP contribution < -0.4 is 0 Å². The lowest BCUT2D eigenvalue weighted by atomic mass is 9.97. The number of aromatic nitrogens is 2. The first kappa shape index (κ1) is 14.9. The molecule has 6 heteroatoms. The van der Waals surface area contributed by atoms with Crippen molar-refractivity contribution in [1.82, 2.24) is 15.1 Å². The number of hydrogen-bond acceptors (Lipinski definition) is 6. The van der Waals surface area contributed by atoms with Gasteiger partial charge in [0, 0.05) is 17.9 Å². The second kappa shape index (κ2) is 6.02. The zero-order valence-electron chi connectivity index (χ0n) is 13.2. The van der Waals surface area contributed by atoms with E-state index in [4.69, 9.17) is 13.9 Å². The van der Waals surface area contributed by atoms with Crippen LogP contribution in [0, 0.1) is 5.92 Å². The fraction of sp³-hybridized carbons (Fsp3) is 0.867. The summed E-state index contributed by atoms with van der Waals surface area (Å²) in [6.07, 6.45) is 2.30. The third-order valence-corrected chi connectivity index (χ3v) is 4.04. The minimum atomic E-state index is -0.0960. The van der Waals surface area contributed by atoms with Gasteiger partial charge in [-0.2, -0.15) is 0 Å². The van der Waals surface area contributed by atoms with Gasteiger partial charge in [0.1, 0.15) is 0 Å². The minimum Gasteiger partial charge on any atom is -0.423 e. The second-order valence-electron chi connectivity index (χ2n) is 7.00. The quantitative estimate of drug-likeness (QED) is 0.849. The lowest BCUT2D eigenvalue weighted by molar-refractivity contribution is -0.101. The summed E-state index contributed by atoms with van der Waals surface area (Å²) in [5.74, 6) is 1.86. The molecule has 0 spiro atoms. The van der Waals surface area contributed by atoms with Crippen molar-refractivity contribution in [3.05, 3.63) is 11.8 Å². The van der Waals surface area contributed by atoms with Gasteiger partial charge in [-0.3, -0.25) is 4.90 Å². The van der Waals surface area contributed by atoms with Crippen LogP contribution in [0.5, 0.6) is 0 Å². The van der Waals surface area contributed by atoms with E-state index in [0.717, 1.165) is 39.1 Å². The smallest absolute Gasteiger partial charge is 0.230 e. The average molecular weight is 295 g/mol. The van der Waals surface area contributed by atoms with Gasteiger partial charge in [-0.1, -0.05) is 20.8 Å². The van der Waals surface area contributed by atoms with Gasteiger partial charge in [-0.05, 0) is 19.4 Å². The van der Waals surface area contributed by atoms with Crippen molar-refractivity contribution in [2.24, 2.45) is 5.92 Å². The van der Waals surface area contributed by atoms with Crippen LogP contribution in [0.3, 0.4) is 0 Å². The van der Waals surface area contributed by atoms with E-state index in [0.29, 0.717) is 24.2 Å². The zero-order valence-corrected chi connectivity index (χ0v) is 13.2. The molecule has 0 radical (unpaired) electrons. The van der Waals surface area contributed by atoms with Crippen molar-refractivity contribution in [3.63, 3.8) is 0 Å². The Balaban J connectivity index is 1.58. The number of ether oxygens (including phenoxy) is 2. The largest absolute Gasteiger partial charge is 0.423 e. The van der Waals surface area contributed by atoms with Gasteiger partial charge in [0.2, 0.25) is 11.8 Å². The highest BCUT2D eigenvalue weighted by Gasteiger charge is 2.31. The molecular weight excluding hydrogens is 270 g/mol. The molecule has 1 aromatic heterocycles. The molecule has 3 heterocycles. The first-order valence-electron chi connectivity index (χ1n) is 7.81. The van der Waals surface area contributed by atoms with E-state index in [1.165, 1.54) is 0 Å². The fourth-order valence-corrected chi connectivity index (χ4v) is 2.92. The molecule has 0 N–H and O–H groups in total. The Labute approximate surface area is 125 Å². The van der Waals surface area contributed by atoms with Crippen molar-refractivity contribution in [3.8, 4) is 0 Å². The Morgan fingerprint density at radius 2 is 1.95 bits per heavy atom. The number of nitrogens with zero attached hydrogens (tertiary/aromatic N) is 3. The van der Waals surface area contributed by atoms with Crippen molar-refractivity contribution in [1.29, 1.82) is 0 Å². The second-order valence-corrected chi connectivity index (χ2v) is 7.00. The molecule has 1 unspecified atom stereocenters. The summed E-state index contributed by atoms with van der Waals surface area (Å²) >= 11 is 0. The summed E-state index contributed by atoms with van der Waals surface area (Å²) in [7, 11) is 0. The molecule has 0 saturated carbocycles. The number of hydrogen-bond donors (Lipinski definition) is 0. The molecule has 21 heavy (non-hydrogen) atoms. The molecule has 2 aliphatic rings. The molecule has 0 amide bonds. The molecule has 0 aliphatic carbocycles. The van der Waals surface area contributed by atoms with Crippen LogP contribution in [-0.4, -0.2) is 47.7 Å². The Bertz CT molecular complexity index is 463. The summed E-state index contributed by atoms with van der Waals surface area (Å²) < 4.78 is 17.1. The van der Waals surface area contributed by atoms with Crippen LogP contribution in [0.4, 0.5) is 0 Å². The Hall–Kier alpha value is -0.980. The summed E-state index contributed by atoms with van der Waals surface area (Å²) in [6.45, 7) is 10.4. The molecule has 1 atom stereocenters. The third kappa shape index (κ3) is 3.62. The highest BCUT2D eigenvalue weighted by atomic mass is 16.7. The summed E-state index contributed by atoms with van der Waals surface area (Å²) in [5, 5.41) is 8.34. The molecule has 3 rings (SSSR count). The average Bonchev–Trinajstić information content (AvgIpc) is 3.09. The normalized spacial score (nSPS) is 25.6. The lowest BCUT2D eigenvalue weighted by Gasteiger charge is -2.33. The number of piperidine rings is 1. The van der Waals surface area contributed by atoms with Gasteiger partial charge >= 0.3 is 0 Å². The van der Waals surface area contributed by atoms with Crippen LogP contribution in [0.25, 0.3) is 0 Å². The van der Waals surface area contributed by atoms with E-state index < -0.39 is 0 Å². The molecule has 2 aliphatic heterocycles. The number of likely N-dealkylation sites (tertiary alicyclic amines) is 1. The summed E-state index contributed by atoms with van der Waals surface area (Å²) in [5.41, 5.74) is -0.0960. The predicted octanol–water partition coefficient (Wildman–Crippen LogP) is 1.95. The van der Waals surface area contributed by atoms with Gasteiger partial charge < -0.3 is 13.9 Å². The van der Waals surface area contributed by atoms with Gasteiger partial charge in [0.05, 0.1) is 19.8 Å². The topological polar surface area (TPSA) is 60.6 Å². The van der Waals surface area contributed by atoms with Crippen molar-refractivity contribution >= 4 is 0 Å². The van der Waals surface area contributed by atoms with Crippen molar-refractivity contribution in [2.75, 3.05) is 26.3 Å². The van der Waals surface area contributed by atoms with E-state index in [1.54, 1.807) is 0 Å². The van der Waals surface area contributed by atoms with Crippen LogP contribution in [0.2, 0.25) is 0 Å². The maximum atomic E-state index is 5.79. The molecular formula is C15H25N3O3. The van der Waals surface area contributed by atoms with Gasteiger partial charge in [0.25, 0.3) is 0 Å². The molecule has 2 fully saturated rings. The van der Waals surface area contributed by atoms with Crippen molar-refractivity contribution < 1.29 is 13.9 Å². The van der Waals surface area contributed by atoms with Crippen LogP contribution >= 0.6 is 0 Å². The van der Waals surface area contributed by atoms with E-state index in [-0.39, 0.29) is 11.7 Å². The summed E-state index contributed by atoms with van der Waals surface area (Å²) in [6, 6.07) is 0. The fourth-order valence-electron chi connectivity index (χ4n) is 2.92. The first-order chi connectivity index (χ1) is 10.0. The van der Waals surface area contributed by atoms with Gasteiger partial charge in [-0.15, -0.1) is 10.2 Å². The number of rotatable bonds is 3. The molecule has 118 valence electrons. The van der Waals surface area contributed by atoms with Gasteiger partial charge in [0.15, 0.2) is 6.29 Å². The highest BCUT2D eigenvalue weighted by Crippen LogP contribution is 2.26. The molecule has 1 aromatic rings. The van der Waals surface area contributed by atoms with E-state index in [9.17, 15) is 0 Å². The minimum absolute atomic E-state index is 0.0272. The SMILES string of the molecule is CC(C)(C)c1nnc(CN2CCCC(C3OCCO3)C2)o1. The Morgan fingerprint density at radius 3 is 2.62 bits per heavy atom. The van der Waals surface area contributed by atoms with Crippen molar-refractivity contribution in [2.45, 2.75) is 51.9 Å². The molecule has 2 saturated heterocycles. The maximum absolute atomic E-state index is 5.79. The monoisotopic (exact) mass is 295 g/mol. The van der Waals surface area contributed by atoms with E-state index in [2.05, 4.69) is 35.9 Å². The van der Waals surface area contributed by atoms with Gasteiger partial charge in [-0.25, -0.2) is 0 Å². The van der Waals surface area contributed by atoms with E-state index in [1.807, 2.05) is 0 Å². The predicted molar refractivity (Wildman–Crippen MR) is 76.7 cm³/mol. The lowest BCUT2D eigenvalue weighted by Crippen LogP contribution is -2.40. The van der Waals surface area contributed by atoms with Crippen LogP contribution in [0.15, 0.2) is 4.42 Å². The molecule has 0 aromatic carbocycles. The van der Waals surface area contributed by atoms with Crippen LogP contribution in [0.1, 0.15) is 45.4 Å². The summed E-state index contributed by atoms with van der Waals surface area (Å²) in [4.78, 5) is 2.36. The van der Waals surface area contributed by atoms with Crippen LogP contribution in [-0.2, 0) is 21.4 Å². The highest BCUT2D eigenvalue weighted by molar-refractivity contribution is 4.96.